The minimum atomic E-state index is -3.59. The van der Waals surface area contributed by atoms with Crippen LogP contribution in [0.4, 0.5) is 17.3 Å². The maximum Gasteiger partial charge on any atom is 0.243 e. The molecular weight excluding hydrogens is 424 g/mol. The summed E-state index contributed by atoms with van der Waals surface area (Å²) in [5, 5.41) is 12.1. The highest BCUT2D eigenvalue weighted by atomic mass is 35.5. The Morgan fingerprint density at radius 3 is 2.37 bits per heavy atom. The summed E-state index contributed by atoms with van der Waals surface area (Å²) in [6.07, 6.45) is 3.39. The van der Waals surface area contributed by atoms with E-state index >= 15 is 0 Å². The molecular formula is C20H21ClN6O2S. The van der Waals surface area contributed by atoms with E-state index in [1.807, 2.05) is 29.2 Å². The lowest BCUT2D eigenvalue weighted by Crippen LogP contribution is -2.49. The summed E-state index contributed by atoms with van der Waals surface area (Å²) in [5.41, 5.74) is 1.45. The third kappa shape index (κ3) is 4.23. The van der Waals surface area contributed by atoms with Gasteiger partial charge in [-0.25, -0.2) is 8.42 Å². The van der Waals surface area contributed by atoms with Crippen molar-refractivity contribution >= 4 is 38.9 Å². The molecule has 0 saturated carbocycles. The van der Waals surface area contributed by atoms with Crippen LogP contribution >= 0.6 is 11.6 Å². The van der Waals surface area contributed by atoms with Gasteiger partial charge in [0.25, 0.3) is 0 Å². The molecule has 1 aliphatic rings. The smallest absolute Gasteiger partial charge is 0.243 e. The van der Waals surface area contributed by atoms with Crippen LogP contribution in [0.15, 0.2) is 59.8 Å². The molecule has 1 aromatic carbocycles. The molecule has 3 heterocycles. The van der Waals surface area contributed by atoms with Gasteiger partial charge in [0.1, 0.15) is 0 Å². The van der Waals surface area contributed by atoms with Crippen molar-refractivity contribution in [2.24, 2.45) is 0 Å². The van der Waals surface area contributed by atoms with E-state index in [2.05, 4.69) is 20.5 Å². The van der Waals surface area contributed by atoms with Gasteiger partial charge in [0.05, 0.1) is 4.90 Å². The number of anilines is 3. The van der Waals surface area contributed by atoms with E-state index in [0.717, 1.165) is 5.69 Å². The van der Waals surface area contributed by atoms with Crippen LogP contribution in [0.2, 0.25) is 5.02 Å². The van der Waals surface area contributed by atoms with E-state index in [1.165, 1.54) is 4.31 Å². The van der Waals surface area contributed by atoms with E-state index in [4.69, 9.17) is 11.6 Å². The summed E-state index contributed by atoms with van der Waals surface area (Å²) < 4.78 is 27.6. The molecule has 30 heavy (non-hydrogen) atoms. The molecule has 0 amide bonds. The van der Waals surface area contributed by atoms with Gasteiger partial charge in [0.2, 0.25) is 10.0 Å². The molecule has 156 valence electrons. The van der Waals surface area contributed by atoms with Crippen LogP contribution in [0.1, 0.15) is 5.56 Å². The number of pyridine rings is 1. The third-order valence-corrected chi connectivity index (χ3v) is 7.45. The topological polar surface area (TPSA) is 91.3 Å². The zero-order chi connectivity index (χ0) is 21.1. The number of hydrogen-bond acceptors (Lipinski definition) is 7. The number of hydrogen-bond donors (Lipinski definition) is 1. The molecule has 0 bridgehead atoms. The lowest BCUT2D eigenvalue weighted by molar-refractivity contribution is 0.383. The van der Waals surface area contributed by atoms with E-state index < -0.39 is 10.0 Å². The number of nitrogens with zero attached hydrogens (tertiary/aromatic N) is 5. The highest BCUT2D eigenvalue weighted by Crippen LogP contribution is 2.27. The fraction of sp³-hybridized carbons (Fsp3) is 0.250. The van der Waals surface area contributed by atoms with E-state index in [-0.39, 0.29) is 4.90 Å². The van der Waals surface area contributed by atoms with Crippen molar-refractivity contribution in [3.8, 4) is 0 Å². The zero-order valence-electron chi connectivity index (χ0n) is 16.4. The number of nitrogens with one attached hydrogen (secondary N) is 1. The van der Waals surface area contributed by atoms with Crippen LogP contribution in [0.3, 0.4) is 0 Å². The van der Waals surface area contributed by atoms with Crippen molar-refractivity contribution in [1.82, 2.24) is 19.5 Å². The van der Waals surface area contributed by atoms with Gasteiger partial charge in [0, 0.05) is 49.3 Å². The molecule has 1 N–H and O–H groups in total. The van der Waals surface area contributed by atoms with Gasteiger partial charge >= 0.3 is 0 Å². The molecule has 4 rings (SSSR count). The Hall–Kier alpha value is -2.75. The second kappa shape index (κ2) is 8.55. The Kier molecular flexibility index (Phi) is 5.85. The van der Waals surface area contributed by atoms with Gasteiger partial charge in [-0.05, 0) is 48.9 Å². The first kappa shape index (κ1) is 20.5. The fourth-order valence-corrected chi connectivity index (χ4v) is 5.21. The summed E-state index contributed by atoms with van der Waals surface area (Å²) >= 11 is 6.11. The first-order chi connectivity index (χ1) is 14.4. The van der Waals surface area contributed by atoms with Crippen molar-refractivity contribution in [3.05, 3.63) is 65.4 Å². The molecule has 0 spiro atoms. The number of piperazine rings is 1. The van der Waals surface area contributed by atoms with Crippen molar-refractivity contribution in [2.45, 2.75) is 11.8 Å². The third-order valence-electron chi connectivity index (χ3n) is 5.00. The van der Waals surface area contributed by atoms with Crippen molar-refractivity contribution < 1.29 is 8.42 Å². The molecule has 1 fully saturated rings. The molecule has 0 radical (unpaired) electrons. The Labute approximate surface area is 180 Å². The van der Waals surface area contributed by atoms with Gasteiger partial charge in [-0.15, -0.1) is 10.2 Å². The molecule has 0 unspecified atom stereocenters. The first-order valence-corrected chi connectivity index (χ1v) is 11.3. The fourth-order valence-electron chi connectivity index (χ4n) is 3.31. The summed E-state index contributed by atoms with van der Waals surface area (Å²) in [6.45, 7) is 3.53. The molecule has 8 nitrogen and oxygen atoms in total. The Morgan fingerprint density at radius 2 is 1.70 bits per heavy atom. The quantitative estimate of drug-likeness (QED) is 0.646. The average molecular weight is 445 g/mol. The van der Waals surface area contributed by atoms with Crippen molar-refractivity contribution in [3.63, 3.8) is 0 Å². The van der Waals surface area contributed by atoms with Crippen LogP contribution in [-0.4, -0.2) is 54.1 Å². The van der Waals surface area contributed by atoms with Gasteiger partial charge in [-0.3, -0.25) is 4.98 Å². The summed E-state index contributed by atoms with van der Waals surface area (Å²) in [6, 6.07) is 12.4. The molecule has 10 heteroatoms. The lowest BCUT2D eigenvalue weighted by atomic mass is 10.2. The summed E-state index contributed by atoms with van der Waals surface area (Å²) in [4.78, 5) is 6.26. The predicted octanol–water partition coefficient (Wildman–Crippen LogP) is 3.09. The second-order valence-electron chi connectivity index (χ2n) is 6.89. The van der Waals surface area contributed by atoms with Gasteiger partial charge in [0.15, 0.2) is 11.6 Å². The number of rotatable bonds is 5. The molecule has 2 aromatic heterocycles. The van der Waals surface area contributed by atoms with Gasteiger partial charge in [-0.2, -0.15) is 4.31 Å². The number of benzene rings is 1. The van der Waals surface area contributed by atoms with Crippen LogP contribution < -0.4 is 10.2 Å². The van der Waals surface area contributed by atoms with Crippen molar-refractivity contribution in [2.75, 3.05) is 36.4 Å². The maximum absolute atomic E-state index is 13.0. The maximum atomic E-state index is 13.0. The Balaban J connectivity index is 1.41. The highest BCUT2D eigenvalue weighted by molar-refractivity contribution is 7.89. The lowest BCUT2D eigenvalue weighted by Gasteiger charge is -2.34. The van der Waals surface area contributed by atoms with Gasteiger partial charge in [-0.1, -0.05) is 17.7 Å². The molecule has 0 atom stereocenters. The van der Waals surface area contributed by atoms with E-state index in [1.54, 1.807) is 37.5 Å². The van der Waals surface area contributed by atoms with Crippen LogP contribution in [0, 0.1) is 6.92 Å². The van der Waals surface area contributed by atoms with E-state index in [9.17, 15) is 8.42 Å². The summed E-state index contributed by atoms with van der Waals surface area (Å²) in [7, 11) is -3.59. The minimum absolute atomic E-state index is 0.259. The minimum Gasteiger partial charge on any atom is -0.352 e. The molecule has 0 aliphatic carbocycles. The second-order valence-corrected chi connectivity index (χ2v) is 9.21. The molecule has 1 saturated heterocycles. The molecule has 1 aliphatic heterocycles. The van der Waals surface area contributed by atoms with Crippen LogP contribution in [0.25, 0.3) is 0 Å². The predicted molar refractivity (Wildman–Crippen MR) is 117 cm³/mol. The van der Waals surface area contributed by atoms with Gasteiger partial charge < -0.3 is 10.2 Å². The SMILES string of the molecule is Cc1c(Cl)cccc1S(=O)(=O)N1CCN(c2ccc(Nc3ccncc3)nn2)CC1. The highest BCUT2D eigenvalue weighted by Gasteiger charge is 2.30. The van der Waals surface area contributed by atoms with E-state index in [0.29, 0.717) is 48.4 Å². The zero-order valence-corrected chi connectivity index (χ0v) is 17.9. The summed E-state index contributed by atoms with van der Waals surface area (Å²) in [5.74, 6) is 1.34. The Bertz CT molecular complexity index is 1120. The Morgan fingerprint density at radius 1 is 0.967 bits per heavy atom. The van der Waals surface area contributed by atoms with Crippen LogP contribution in [-0.2, 0) is 10.0 Å². The number of aromatic nitrogens is 3. The first-order valence-electron chi connectivity index (χ1n) is 9.46. The largest absolute Gasteiger partial charge is 0.352 e. The monoisotopic (exact) mass is 444 g/mol. The normalized spacial score (nSPS) is 15.2. The molecule has 3 aromatic rings. The average Bonchev–Trinajstić information content (AvgIpc) is 2.77. The number of halogens is 1. The standard InChI is InChI=1S/C20H21ClN6O2S/c1-15-17(21)3-2-4-18(15)30(28,29)27-13-11-26(12-14-27)20-6-5-19(24-25-20)23-16-7-9-22-10-8-16/h2-10H,11-14H2,1H3,(H,22,23,24). The van der Waals surface area contributed by atoms with Crippen molar-refractivity contribution in [1.29, 1.82) is 0 Å². The van der Waals surface area contributed by atoms with Crippen LogP contribution in [0.5, 0.6) is 0 Å². The number of sulfonamides is 1.